The zero-order valence-corrected chi connectivity index (χ0v) is 8.37. The molecule has 1 heterocycles. The second-order valence-electron chi connectivity index (χ2n) is 3.24. The first-order chi connectivity index (χ1) is 5.86. The Bertz CT molecular complexity index is 255. The number of aromatic nitrogens is 2. The number of hydrogen-bond donors (Lipinski definition) is 0. The van der Waals surface area contributed by atoms with E-state index in [1.165, 1.54) is 43.6 Å². The fraction of sp³-hybridized carbons (Fsp3) is 0.750. The van der Waals surface area contributed by atoms with Crippen molar-refractivity contribution in [2.24, 2.45) is 0 Å². The Kier molecular flexibility index (Phi) is 2.61. The van der Waals surface area contributed by atoms with Crippen LogP contribution in [0.2, 0.25) is 5.28 Å². The van der Waals surface area contributed by atoms with Crippen LogP contribution in [0.15, 0.2) is 0 Å². The second-order valence-corrected chi connectivity index (χ2v) is 4.36. The molecule has 1 aliphatic rings. The van der Waals surface area contributed by atoms with E-state index >= 15 is 0 Å². The Hall–Kier alpha value is -0.150. The molecule has 0 spiro atoms. The van der Waals surface area contributed by atoms with Gasteiger partial charge in [0.1, 0.15) is 5.01 Å². The molecule has 2 nitrogen and oxygen atoms in total. The molecule has 66 valence electrons. The Labute approximate surface area is 81.1 Å². The maximum atomic E-state index is 5.67. The molecule has 1 aromatic rings. The van der Waals surface area contributed by atoms with Crippen molar-refractivity contribution in [1.29, 1.82) is 0 Å². The van der Waals surface area contributed by atoms with Gasteiger partial charge in [-0.15, -0.1) is 0 Å². The lowest BCUT2D eigenvalue weighted by atomic mass is 9.90. The van der Waals surface area contributed by atoms with Crippen LogP contribution in [0.4, 0.5) is 0 Å². The van der Waals surface area contributed by atoms with E-state index in [-0.39, 0.29) is 0 Å². The number of nitrogens with zero attached hydrogens (tertiary/aromatic N) is 2. The molecule has 0 radical (unpaired) electrons. The first-order valence-electron chi connectivity index (χ1n) is 4.35. The lowest BCUT2D eigenvalue weighted by Crippen LogP contribution is -2.03. The Balaban J connectivity index is 2.08. The average Bonchev–Trinajstić information content (AvgIpc) is 2.54. The van der Waals surface area contributed by atoms with Crippen molar-refractivity contribution < 1.29 is 0 Å². The third-order valence-corrected chi connectivity index (χ3v) is 3.52. The zero-order chi connectivity index (χ0) is 8.39. The summed E-state index contributed by atoms with van der Waals surface area (Å²) in [5.74, 6) is 0.642. The Morgan fingerprint density at radius 2 is 2.00 bits per heavy atom. The SMILES string of the molecule is Clc1nsc(C2CCCCC2)n1. The van der Waals surface area contributed by atoms with Crippen molar-refractivity contribution in [3.05, 3.63) is 10.3 Å². The molecule has 2 rings (SSSR count). The van der Waals surface area contributed by atoms with Crippen LogP contribution in [0.1, 0.15) is 43.0 Å². The molecule has 0 saturated heterocycles. The molecule has 0 aromatic carbocycles. The third-order valence-electron chi connectivity index (χ3n) is 2.37. The highest BCUT2D eigenvalue weighted by Crippen LogP contribution is 2.33. The average molecular weight is 203 g/mol. The summed E-state index contributed by atoms with van der Waals surface area (Å²) in [4.78, 5) is 4.21. The summed E-state index contributed by atoms with van der Waals surface area (Å²) in [7, 11) is 0. The molecule has 4 heteroatoms. The molecule has 0 bridgehead atoms. The van der Waals surface area contributed by atoms with E-state index in [4.69, 9.17) is 11.6 Å². The molecule has 1 aromatic heterocycles. The predicted molar refractivity (Wildman–Crippen MR) is 50.7 cm³/mol. The molecule has 0 amide bonds. The molecule has 0 atom stereocenters. The van der Waals surface area contributed by atoms with Gasteiger partial charge in [0, 0.05) is 5.92 Å². The minimum Gasteiger partial charge on any atom is -0.209 e. The first-order valence-corrected chi connectivity index (χ1v) is 5.50. The van der Waals surface area contributed by atoms with Gasteiger partial charge < -0.3 is 0 Å². The Morgan fingerprint density at radius 3 is 2.58 bits per heavy atom. The van der Waals surface area contributed by atoms with Crippen molar-refractivity contribution >= 4 is 23.1 Å². The van der Waals surface area contributed by atoms with Crippen molar-refractivity contribution in [1.82, 2.24) is 9.36 Å². The van der Waals surface area contributed by atoms with Crippen molar-refractivity contribution in [3.8, 4) is 0 Å². The predicted octanol–water partition coefficient (Wildman–Crippen LogP) is 3.24. The van der Waals surface area contributed by atoms with Crippen molar-refractivity contribution in [3.63, 3.8) is 0 Å². The van der Waals surface area contributed by atoms with E-state index in [0.29, 0.717) is 11.2 Å². The number of halogens is 1. The summed E-state index contributed by atoms with van der Waals surface area (Å²) >= 11 is 7.13. The molecule has 1 fully saturated rings. The third kappa shape index (κ3) is 1.77. The largest absolute Gasteiger partial charge is 0.234 e. The highest BCUT2D eigenvalue weighted by molar-refractivity contribution is 7.05. The smallest absolute Gasteiger partial charge is 0.209 e. The van der Waals surface area contributed by atoms with Gasteiger partial charge in [0.05, 0.1) is 0 Å². The minimum absolute atomic E-state index is 0.417. The lowest BCUT2D eigenvalue weighted by Gasteiger charge is -2.18. The molecule has 1 saturated carbocycles. The van der Waals surface area contributed by atoms with Gasteiger partial charge >= 0.3 is 0 Å². The highest BCUT2D eigenvalue weighted by atomic mass is 35.5. The van der Waals surface area contributed by atoms with E-state index < -0.39 is 0 Å². The van der Waals surface area contributed by atoms with Crippen LogP contribution in [0, 0.1) is 0 Å². The molecule has 0 unspecified atom stereocenters. The van der Waals surface area contributed by atoms with Gasteiger partial charge in [0.25, 0.3) is 0 Å². The van der Waals surface area contributed by atoms with Gasteiger partial charge in [-0.1, -0.05) is 19.3 Å². The van der Waals surface area contributed by atoms with Crippen molar-refractivity contribution in [2.75, 3.05) is 0 Å². The molecule has 0 aliphatic heterocycles. The number of rotatable bonds is 1. The van der Waals surface area contributed by atoms with E-state index in [1.807, 2.05) is 0 Å². The maximum Gasteiger partial charge on any atom is 0.234 e. The van der Waals surface area contributed by atoms with E-state index in [9.17, 15) is 0 Å². The van der Waals surface area contributed by atoms with Crippen LogP contribution < -0.4 is 0 Å². The molecule has 12 heavy (non-hydrogen) atoms. The summed E-state index contributed by atoms with van der Waals surface area (Å²) in [6.07, 6.45) is 6.59. The van der Waals surface area contributed by atoms with Crippen LogP contribution in [-0.4, -0.2) is 9.36 Å². The summed E-state index contributed by atoms with van der Waals surface area (Å²) in [5, 5.41) is 1.56. The fourth-order valence-corrected chi connectivity index (χ4v) is 2.70. The van der Waals surface area contributed by atoms with Gasteiger partial charge in [-0.3, -0.25) is 0 Å². The fourth-order valence-electron chi connectivity index (χ4n) is 1.73. The van der Waals surface area contributed by atoms with Gasteiger partial charge in [-0.2, -0.15) is 4.37 Å². The molecule has 0 N–H and O–H groups in total. The first kappa shape index (κ1) is 8.45. The summed E-state index contributed by atoms with van der Waals surface area (Å²) in [6, 6.07) is 0. The minimum atomic E-state index is 0.417. The molecular weight excluding hydrogens is 192 g/mol. The van der Waals surface area contributed by atoms with Crippen LogP contribution in [0.25, 0.3) is 0 Å². The van der Waals surface area contributed by atoms with Crippen LogP contribution in [0.5, 0.6) is 0 Å². The van der Waals surface area contributed by atoms with Crippen LogP contribution in [-0.2, 0) is 0 Å². The van der Waals surface area contributed by atoms with Crippen LogP contribution in [0.3, 0.4) is 0 Å². The van der Waals surface area contributed by atoms with Crippen molar-refractivity contribution in [2.45, 2.75) is 38.0 Å². The topological polar surface area (TPSA) is 25.8 Å². The van der Waals surface area contributed by atoms with Gasteiger partial charge in [0.15, 0.2) is 0 Å². The lowest BCUT2D eigenvalue weighted by molar-refractivity contribution is 0.442. The van der Waals surface area contributed by atoms with E-state index in [1.54, 1.807) is 0 Å². The van der Waals surface area contributed by atoms with Crippen LogP contribution >= 0.6 is 23.1 Å². The van der Waals surface area contributed by atoms with Gasteiger partial charge in [-0.05, 0) is 36.0 Å². The zero-order valence-electron chi connectivity index (χ0n) is 6.79. The summed E-state index contributed by atoms with van der Waals surface area (Å²) in [5.41, 5.74) is 0. The highest BCUT2D eigenvalue weighted by Gasteiger charge is 2.18. The van der Waals surface area contributed by atoms with E-state index in [0.717, 1.165) is 5.01 Å². The van der Waals surface area contributed by atoms with E-state index in [2.05, 4.69) is 9.36 Å². The second kappa shape index (κ2) is 3.71. The summed E-state index contributed by atoms with van der Waals surface area (Å²) < 4.78 is 3.99. The van der Waals surface area contributed by atoms with Gasteiger partial charge in [-0.25, -0.2) is 4.98 Å². The van der Waals surface area contributed by atoms with Gasteiger partial charge in [0.2, 0.25) is 5.28 Å². The Morgan fingerprint density at radius 1 is 1.25 bits per heavy atom. The monoisotopic (exact) mass is 202 g/mol. The maximum absolute atomic E-state index is 5.67. The molecule has 1 aliphatic carbocycles. The molecular formula is C8H11ClN2S. The quantitative estimate of drug-likeness (QED) is 0.699. The standard InChI is InChI=1S/C8H11ClN2S/c9-8-10-7(12-11-8)6-4-2-1-3-5-6/h6H,1-5H2. The normalized spacial score (nSPS) is 19.8. The number of hydrogen-bond acceptors (Lipinski definition) is 3. The summed E-state index contributed by atoms with van der Waals surface area (Å²) in [6.45, 7) is 0.